The van der Waals surface area contributed by atoms with Gasteiger partial charge in [0, 0.05) is 18.1 Å². The summed E-state index contributed by atoms with van der Waals surface area (Å²) in [6.07, 6.45) is 0.928. The van der Waals surface area contributed by atoms with E-state index < -0.39 is 0 Å². The van der Waals surface area contributed by atoms with Gasteiger partial charge in [0.2, 0.25) is 0 Å². The Morgan fingerprint density at radius 2 is 1.89 bits per heavy atom. The molecule has 0 saturated heterocycles. The number of ether oxygens (including phenoxy) is 3. The van der Waals surface area contributed by atoms with Gasteiger partial charge < -0.3 is 19.9 Å². The number of benzene rings is 2. The lowest BCUT2D eigenvalue weighted by Gasteiger charge is -2.09. The zero-order valence-corrected chi connectivity index (χ0v) is 10.7. The zero-order chi connectivity index (χ0) is 13.2. The molecule has 2 aromatic carbocycles. The Hall–Kier alpha value is -2.36. The highest BCUT2D eigenvalue weighted by Gasteiger charge is 2.13. The first kappa shape index (κ1) is 11.7. The largest absolute Gasteiger partial charge is 0.495 e. The summed E-state index contributed by atoms with van der Waals surface area (Å²) in [4.78, 5) is 0. The van der Waals surface area contributed by atoms with Crippen LogP contribution in [0.4, 0.5) is 5.69 Å². The quantitative estimate of drug-likeness (QED) is 0.859. The first-order valence-electron chi connectivity index (χ1n) is 6.13. The fourth-order valence-electron chi connectivity index (χ4n) is 2.14. The molecule has 1 heterocycles. The Morgan fingerprint density at radius 3 is 2.68 bits per heavy atom. The number of hydrogen-bond donors (Lipinski definition) is 1. The molecule has 4 nitrogen and oxygen atoms in total. The van der Waals surface area contributed by atoms with E-state index in [1.165, 1.54) is 5.56 Å². The highest BCUT2D eigenvalue weighted by molar-refractivity contribution is 5.56. The molecule has 0 atom stereocenters. The third-order valence-electron chi connectivity index (χ3n) is 3.10. The van der Waals surface area contributed by atoms with Gasteiger partial charge in [0.1, 0.15) is 23.0 Å². The van der Waals surface area contributed by atoms with Crippen LogP contribution in [0.3, 0.4) is 0 Å². The normalized spacial score (nSPS) is 12.7. The molecule has 0 saturated carbocycles. The van der Waals surface area contributed by atoms with E-state index in [-0.39, 0.29) is 0 Å². The number of hydrogen-bond acceptors (Lipinski definition) is 4. The number of fused-ring (bicyclic) bond motifs is 1. The third kappa shape index (κ3) is 2.29. The van der Waals surface area contributed by atoms with Crippen molar-refractivity contribution < 1.29 is 14.2 Å². The first-order valence-corrected chi connectivity index (χ1v) is 6.13. The summed E-state index contributed by atoms with van der Waals surface area (Å²) in [5.74, 6) is 3.07. The van der Waals surface area contributed by atoms with Crippen molar-refractivity contribution in [2.75, 3.05) is 19.5 Å². The summed E-state index contributed by atoms with van der Waals surface area (Å²) < 4.78 is 16.4. The van der Waals surface area contributed by atoms with Crippen LogP contribution in [0.15, 0.2) is 36.4 Å². The van der Waals surface area contributed by atoms with Crippen LogP contribution < -0.4 is 19.9 Å². The lowest BCUT2D eigenvalue weighted by Crippen LogP contribution is -1.93. The van der Waals surface area contributed by atoms with E-state index in [2.05, 4.69) is 0 Å². The fourth-order valence-corrected chi connectivity index (χ4v) is 2.14. The van der Waals surface area contributed by atoms with Crippen LogP contribution in [-0.4, -0.2) is 13.7 Å². The van der Waals surface area contributed by atoms with E-state index >= 15 is 0 Å². The second-order valence-corrected chi connectivity index (χ2v) is 4.37. The maximum absolute atomic E-state index is 5.85. The second-order valence-electron chi connectivity index (χ2n) is 4.37. The maximum Gasteiger partial charge on any atom is 0.142 e. The van der Waals surface area contributed by atoms with Gasteiger partial charge in [-0.05, 0) is 30.3 Å². The average Bonchev–Trinajstić information content (AvgIpc) is 2.86. The molecule has 98 valence electrons. The van der Waals surface area contributed by atoms with Crippen molar-refractivity contribution in [1.29, 1.82) is 0 Å². The van der Waals surface area contributed by atoms with Gasteiger partial charge in [0.05, 0.1) is 19.4 Å². The van der Waals surface area contributed by atoms with Gasteiger partial charge >= 0.3 is 0 Å². The van der Waals surface area contributed by atoms with E-state index in [1.807, 2.05) is 24.3 Å². The topological polar surface area (TPSA) is 53.7 Å². The molecule has 0 aromatic heterocycles. The predicted molar refractivity (Wildman–Crippen MR) is 73.1 cm³/mol. The van der Waals surface area contributed by atoms with E-state index in [9.17, 15) is 0 Å². The number of nitrogen functional groups attached to an aromatic ring is 1. The van der Waals surface area contributed by atoms with Gasteiger partial charge in [0.25, 0.3) is 0 Å². The summed E-state index contributed by atoms with van der Waals surface area (Å²) in [5, 5.41) is 0. The summed E-state index contributed by atoms with van der Waals surface area (Å²) >= 11 is 0. The summed E-state index contributed by atoms with van der Waals surface area (Å²) in [7, 11) is 1.59. The molecule has 0 aliphatic carbocycles. The van der Waals surface area contributed by atoms with Crippen molar-refractivity contribution in [1.82, 2.24) is 0 Å². The number of nitrogens with two attached hydrogens (primary N) is 1. The SMILES string of the molecule is COc1ccc(Oc2ccc3c(c2)CCO3)cc1N. The van der Waals surface area contributed by atoms with E-state index in [4.69, 9.17) is 19.9 Å². The Labute approximate surface area is 111 Å². The average molecular weight is 257 g/mol. The summed E-state index contributed by atoms with van der Waals surface area (Å²) in [6, 6.07) is 11.2. The molecule has 19 heavy (non-hydrogen) atoms. The minimum Gasteiger partial charge on any atom is -0.495 e. The summed E-state index contributed by atoms with van der Waals surface area (Å²) in [6.45, 7) is 0.744. The van der Waals surface area contributed by atoms with Crippen molar-refractivity contribution in [3.05, 3.63) is 42.0 Å². The molecular formula is C15H15NO3. The molecule has 0 bridgehead atoms. The maximum atomic E-state index is 5.85. The predicted octanol–water partition coefficient (Wildman–Crippen LogP) is 3.00. The van der Waals surface area contributed by atoms with Crippen LogP contribution in [0.1, 0.15) is 5.56 Å². The third-order valence-corrected chi connectivity index (χ3v) is 3.10. The van der Waals surface area contributed by atoms with Crippen molar-refractivity contribution in [3.63, 3.8) is 0 Å². The molecule has 2 N–H and O–H groups in total. The highest BCUT2D eigenvalue weighted by Crippen LogP contribution is 2.33. The highest BCUT2D eigenvalue weighted by atomic mass is 16.5. The molecule has 4 heteroatoms. The molecule has 0 radical (unpaired) electrons. The van der Waals surface area contributed by atoms with Crippen LogP contribution in [-0.2, 0) is 6.42 Å². The summed E-state index contributed by atoms with van der Waals surface area (Å²) in [5.41, 5.74) is 7.59. The van der Waals surface area contributed by atoms with E-state index in [1.54, 1.807) is 19.2 Å². The molecule has 1 aliphatic rings. The van der Waals surface area contributed by atoms with Gasteiger partial charge in [0.15, 0.2) is 0 Å². The molecule has 1 aliphatic heterocycles. The Balaban J connectivity index is 1.83. The van der Waals surface area contributed by atoms with Crippen molar-refractivity contribution in [2.45, 2.75) is 6.42 Å². The number of rotatable bonds is 3. The van der Waals surface area contributed by atoms with E-state index in [0.29, 0.717) is 17.2 Å². The monoisotopic (exact) mass is 257 g/mol. The fraction of sp³-hybridized carbons (Fsp3) is 0.200. The molecule has 0 amide bonds. The molecule has 3 rings (SSSR count). The lowest BCUT2D eigenvalue weighted by molar-refractivity contribution is 0.356. The Kier molecular flexibility index (Phi) is 2.91. The van der Waals surface area contributed by atoms with Crippen molar-refractivity contribution in [2.24, 2.45) is 0 Å². The molecule has 2 aromatic rings. The molecular weight excluding hydrogens is 242 g/mol. The second kappa shape index (κ2) is 4.72. The van der Waals surface area contributed by atoms with Crippen LogP contribution >= 0.6 is 0 Å². The number of anilines is 1. The van der Waals surface area contributed by atoms with Crippen molar-refractivity contribution in [3.8, 4) is 23.0 Å². The first-order chi connectivity index (χ1) is 9.26. The lowest BCUT2D eigenvalue weighted by atomic mass is 10.1. The minimum atomic E-state index is 0.560. The van der Waals surface area contributed by atoms with Crippen LogP contribution in [0, 0.1) is 0 Å². The smallest absolute Gasteiger partial charge is 0.142 e. The molecule has 0 unspecified atom stereocenters. The van der Waals surface area contributed by atoms with Gasteiger partial charge in [-0.2, -0.15) is 0 Å². The standard InChI is InChI=1S/C15H15NO3/c1-17-15-5-3-12(9-13(15)16)19-11-2-4-14-10(8-11)6-7-18-14/h2-5,8-9H,6-7,16H2,1H3. The van der Waals surface area contributed by atoms with Gasteiger partial charge in [-0.3, -0.25) is 0 Å². The van der Waals surface area contributed by atoms with Crippen LogP contribution in [0.5, 0.6) is 23.0 Å². The van der Waals surface area contributed by atoms with Crippen LogP contribution in [0.2, 0.25) is 0 Å². The molecule has 0 fully saturated rings. The van der Waals surface area contributed by atoms with Gasteiger partial charge in [-0.25, -0.2) is 0 Å². The van der Waals surface area contributed by atoms with E-state index in [0.717, 1.165) is 24.5 Å². The minimum absolute atomic E-state index is 0.560. The molecule has 0 spiro atoms. The zero-order valence-electron chi connectivity index (χ0n) is 10.7. The van der Waals surface area contributed by atoms with Gasteiger partial charge in [-0.1, -0.05) is 0 Å². The Bertz CT molecular complexity index is 610. The van der Waals surface area contributed by atoms with Crippen molar-refractivity contribution >= 4 is 5.69 Å². The van der Waals surface area contributed by atoms with Crippen LogP contribution in [0.25, 0.3) is 0 Å². The van der Waals surface area contributed by atoms with Gasteiger partial charge in [-0.15, -0.1) is 0 Å². The number of methoxy groups -OCH3 is 1. The Morgan fingerprint density at radius 1 is 1.11 bits per heavy atom.